The van der Waals surface area contributed by atoms with Crippen molar-refractivity contribution in [1.82, 2.24) is 9.55 Å². The molecule has 0 aromatic carbocycles. The van der Waals surface area contributed by atoms with Crippen molar-refractivity contribution in [3.63, 3.8) is 0 Å². The Morgan fingerprint density at radius 1 is 1.18 bits per heavy atom. The van der Waals surface area contributed by atoms with Crippen LogP contribution < -0.4 is 5.73 Å². The molecule has 1 aromatic heterocycles. The SMILES string of the molecule is Cc1nc(C2CCCCC2)c(N)n1C(C)(C)C. The second-order valence-corrected chi connectivity index (χ2v) is 6.27. The fraction of sp³-hybridized carbons (Fsp3) is 0.786. The molecule has 0 unspecified atom stereocenters. The molecule has 2 N–H and O–H groups in total. The molecule has 0 spiro atoms. The maximum atomic E-state index is 6.32. The maximum absolute atomic E-state index is 6.32. The molecule has 96 valence electrons. The van der Waals surface area contributed by atoms with Gasteiger partial charge in [-0.1, -0.05) is 19.3 Å². The predicted octanol–water partition coefficient (Wildman–Crippen LogP) is 3.58. The third kappa shape index (κ3) is 2.33. The summed E-state index contributed by atoms with van der Waals surface area (Å²) < 4.78 is 2.18. The standard InChI is InChI=1S/C14H25N3/c1-10-16-12(11-8-6-5-7-9-11)13(15)17(10)14(2,3)4/h11H,5-9,15H2,1-4H3. The Morgan fingerprint density at radius 2 is 1.76 bits per heavy atom. The molecule has 0 bridgehead atoms. The van der Waals surface area contributed by atoms with E-state index in [0.717, 1.165) is 17.3 Å². The lowest BCUT2D eigenvalue weighted by molar-refractivity contribution is 0.392. The Labute approximate surface area is 104 Å². The summed E-state index contributed by atoms with van der Waals surface area (Å²) in [5.74, 6) is 2.53. The average molecular weight is 235 g/mol. The van der Waals surface area contributed by atoms with Crippen LogP contribution in [0.5, 0.6) is 0 Å². The third-order valence-electron chi connectivity index (χ3n) is 3.77. The highest BCUT2D eigenvalue weighted by molar-refractivity contribution is 5.41. The smallest absolute Gasteiger partial charge is 0.127 e. The van der Waals surface area contributed by atoms with Crippen LogP contribution in [-0.2, 0) is 5.54 Å². The van der Waals surface area contributed by atoms with E-state index in [0.29, 0.717) is 5.92 Å². The van der Waals surface area contributed by atoms with E-state index in [1.807, 2.05) is 0 Å². The summed E-state index contributed by atoms with van der Waals surface area (Å²) in [6.45, 7) is 8.61. The molecule has 17 heavy (non-hydrogen) atoms. The normalized spacial score (nSPS) is 18.6. The molecule has 1 aromatic rings. The van der Waals surface area contributed by atoms with E-state index >= 15 is 0 Å². The number of nitrogens with two attached hydrogens (primary N) is 1. The number of aromatic nitrogens is 2. The second-order valence-electron chi connectivity index (χ2n) is 6.27. The summed E-state index contributed by atoms with van der Waals surface area (Å²) in [4.78, 5) is 4.74. The first kappa shape index (κ1) is 12.5. The van der Waals surface area contributed by atoms with Crippen molar-refractivity contribution in [1.29, 1.82) is 0 Å². The number of nitrogen functional groups attached to an aromatic ring is 1. The van der Waals surface area contributed by atoms with E-state index in [9.17, 15) is 0 Å². The van der Waals surface area contributed by atoms with Gasteiger partial charge in [-0.3, -0.25) is 0 Å². The fourth-order valence-electron chi connectivity index (χ4n) is 3.09. The van der Waals surface area contributed by atoms with Crippen molar-refractivity contribution in [3.8, 4) is 0 Å². The van der Waals surface area contributed by atoms with E-state index in [2.05, 4.69) is 32.3 Å². The van der Waals surface area contributed by atoms with Crippen molar-refractivity contribution in [2.75, 3.05) is 5.73 Å². The quantitative estimate of drug-likeness (QED) is 0.808. The van der Waals surface area contributed by atoms with Crippen molar-refractivity contribution >= 4 is 5.82 Å². The van der Waals surface area contributed by atoms with Gasteiger partial charge >= 0.3 is 0 Å². The van der Waals surface area contributed by atoms with Crippen molar-refractivity contribution in [3.05, 3.63) is 11.5 Å². The maximum Gasteiger partial charge on any atom is 0.127 e. The van der Waals surface area contributed by atoms with Crippen LogP contribution in [0.1, 0.15) is 70.3 Å². The van der Waals surface area contributed by atoms with Gasteiger partial charge in [-0.05, 0) is 40.5 Å². The van der Waals surface area contributed by atoms with Gasteiger partial charge in [-0.15, -0.1) is 0 Å². The number of anilines is 1. The lowest BCUT2D eigenvalue weighted by atomic mass is 9.87. The Hall–Kier alpha value is -0.990. The van der Waals surface area contributed by atoms with Gasteiger partial charge in [0.15, 0.2) is 0 Å². The van der Waals surface area contributed by atoms with E-state index in [1.54, 1.807) is 0 Å². The molecule has 1 heterocycles. The van der Waals surface area contributed by atoms with Crippen molar-refractivity contribution in [2.45, 2.75) is 71.3 Å². The van der Waals surface area contributed by atoms with Crippen LogP contribution in [0.25, 0.3) is 0 Å². The zero-order valence-electron chi connectivity index (χ0n) is 11.6. The molecular formula is C14H25N3. The molecule has 3 heteroatoms. The molecule has 1 fully saturated rings. The van der Waals surface area contributed by atoms with Gasteiger partial charge in [-0.25, -0.2) is 4.98 Å². The van der Waals surface area contributed by atoms with E-state index in [4.69, 9.17) is 10.7 Å². The van der Waals surface area contributed by atoms with Crippen LogP contribution in [0.2, 0.25) is 0 Å². The highest BCUT2D eigenvalue weighted by atomic mass is 15.2. The first-order chi connectivity index (χ1) is 7.91. The molecule has 2 rings (SSSR count). The molecule has 0 amide bonds. The van der Waals surface area contributed by atoms with Crippen LogP contribution in [0.3, 0.4) is 0 Å². The Balaban J connectivity index is 2.36. The first-order valence-corrected chi connectivity index (χ1v) is 6.76. The minimum atomic E-state index is 0.0219. The lowest BCUT2D eigenvalue weighted by Gasteiger charge is -2.25. The van der Waals surface area contributed by atoms with Gasteiger partial charge in [-0.2, -0.15) is 0 Å². The largest absolute Gasteiger partial charge is 0.384 e. The van der Waals surface area contributed by atoms with E-state index < -0.39 is 0 Å². The van der Waals surface area contributed by atoms with Crippen LogP contribution in [0.4, 0.5) is 5.82 Å². The van der Waals surface area contributed by atoms with E-state index in [-0.39, 0.29) is 5.54 Å². The summed E-state index contributed by atoms with van der Waals surface area (Å²) in [5.41, 5.74) is 7.49. The van der Waals surface area contributed by atoms with Gasteiger partial charge in [0.25, 0.3) is 0 Å². The first-order valence-electron chi connectivity index (χ1n) is 6.76. The number of nitrogens with zero attached hydrogens (tertiary/aromatic N) is 2. The van der Waals surface area contributed by atoms with Gasteiger partial charge < -0.3 is 10.3 Å². The highest BCUT2D eigenvalue weighted by Gasteiger charge is 2.26. The number of rotatable bonds is 1. The monoisotopic (exact) mass is 235 g/mol. The zero-order valence-corrected chi connectivity index (χ0v) is 11.6. The Bertz CT molecular complexity index is 392. The molecule has 1 saturated carbocycles. The minimum Gasteiger partial charge on any atom is -0.384 e. The van der Waals surface area contributed by atoms with Crippen LogP contribution in [0.15, 0.2) is 0 Å². The van der Waals surface area contributed by atoms with Crippen LogP contribution in [-0.4, -0.2) is 9.55 Å². The number of hydrogen-bond acceptors (Lipinski definition) is 2. The number of aryl methyl sites for hydroxylation is 1. The predicted molar refractivity (Wildman–Crippen MR) is 72.2 cm³/mol. The van der Waals surface area contributed by atoms with E-state index in [1.165, 1.54) is 32.1 Å². The highest BCUT2D eigenvalue weighted by Crippen LogP contribution is 2.36. The number of hydrogen-bond donors (Lipinski definition) is 1. The average Bonchev–Trinajstić information content (AvgIpc) is 2.54. The van der Waals surface area contributed by atoms with Gasteiger partial charge in [0.05, 0.1) is 5.69 Å². The molecule has 0 saturated heterocycles. The summed E-state index contributed by atoms with van der Waals surface area (Å²) in [6.07, 6.45) is 6.53. The molecule has 0 atom stereocenters. The summed E-state index contributed by atoms with van der Waals surface area (Å²) in [5, 5.41) is 0. The summed E-state index contributed by atoms with van der Waals surface area (Å²) in [6, 6.07) is 0. The molecule has 0 radical (unpaired) electrons. The van der Waals surface area contributed by atoms with Crippen molar-refractivity contribution in [2.24, 2.45) is 0 Å². The Kier molecular flexibility index (Phi) is 3.19. The molecule has 0 aliphatic heterocycles. The topological polar surface area (TPSA) is 43.8 Å². The summed E-state index contributed by atoms with van der Waals surface area (Å²) >= 11 is 0. The third-order valence-corrected chi connectivity index (χ3v) is 3.77. The Morgan fingerprint density at radius 3 is 2.24 bits per heavy atom. The zero-order chi connectivity index (χ0) is 12.6. The van der Waals surface area contributed by atoms with Crippen molar-refractivity contribution < 1.29 is 0 Å². The second kappa shape index (κ2) is 4.35. The number of imidazole rings is 1. The van der Waals surface area contributed by atoms with Gasteiger partial charge in [0.1, 0.15) is 11.6 Å². The lowest BCUT2D eigenvalue weighted by Crippen LogP contribution is -2.25. The fourth-order valence-corrected chi connectivity index (χ4v) is 3.09. The molecule has 1 aliphatic rings. The van der Waals surface area contributed by atoms with Gasteiger partial charge in [0.2, 0.25) is 0 Å². The summed E-state index contributed by atoms with van der Waals surface area (Å²) in [7, 11) is 0. The van der Waals surface area contributed by atoms with Crippen LogP contribution in [0, 0.1) is 6.92 Å². The molecular weight excluding hydrogens is 210 g/mol. The molecule has 3 nitrogen and oxygen atoms in total. The van der Waals surface area contributed by atoms with Gasteiger partial charge in [0, 0.05) is 11.5 Å². The van der Waals surface area contributed by atoms with Crippen LogP contribution >= 0.6 is 0 Å². The molecule has 1 aliphatic carbocycles. The minimum absolute atomic E-state index is 0.0219.